The molecule has 138 valence electrons. The maximum absolute atomic E-state index is 12.5. The molecule has 0 aliphatic heterocycles. The molecule has 0 aromatic heterocycles. The van der Waals surface area contributed by atoms with E-state index in [4.69, 9.17) is 14.2 Å². The minimum Gasteiger partial charge on any atom is -0.493 e. The second-order valence-electron chi connectivity index (χ2n) is 5.84. The van der Waals surface area contributed by atoms with E-state index in [0.717, 1.165) is 5.69 Å². The van der Waals surface area contributed by atoms with Gasteiger partial charge in [0.05, 0.1) is 19.8 Å². The topological polar surface area (TPSA) is 65.1 Å². The Morgan fingerprint density at radius 3 is 2.19 bits per heavy atom. The van der Waals surface area contributed by atoms with Gasteiger partial charge in [-0.05, 0) is 44.2 Å². The van der Waals surface area contributed by atoms with Crippen LogP contribution in [0.2, 0.25) is 0 Å². The molecular weight excluding hydrogens is 334 g/mol. The lowest BCUT2D eigenvalue weighted by Crippen LogP contribution is -2.39. The number of hydrogen-bond acceptors (Lipinski definition) is 5. The smallest absolute Gasteiger partial charge is 0.338 e. The summed E-state index contributed by atoms with van der Waals surface area (Å²) in [6, 6.07) is 13.9. The minimum atomic E-state index is -0.601. The number of rotatable bonds is 7. The average Bonchev–Trinajstić information content (AvgIpc) is 2.66. The molecule has 0 spiro atoms. The summed E-state index contributed by atoms with van der Waals surface area (Å²) in [5, 5.41) is 0. The van der Waals surface area contributed by atoms with Crippen molar-refractivity contribution in [3.8, 4) is 11.5 Å². The molecule has 0 aliphatic carbocycles. The zero-order valence-electron chi connectivity index (χ0n) is 15.4. The van der Waals surface area contributed by atoms with Crippen molar-refractivity contribution in [2.75, 3.05) is 25.7 Å². The van der Waals surface area contributed by atoms with E-state index in [2.05, 4.69) is 0 Å². The number of para-hydroxylation sites is 1. The number of esters is 1. The van der Waals surface area contributed by atoms with E-state index in [0.29, 0.717) is 11.5 Å². The van der Waals surface area contributed by atoms with Gasteiger partial charge in [-0.15, -0.1) is 0 Å². The molecule has 0 atom stereocenters. The number of amides is 1. The molecule has 2 rings (SSSR count). The number of methoxy groups -OCH3 is 2. The van der Waals surface area contributed by atoms with Gasteiger partial charge in [0, 0.05) is 11.7 Å². The molecule has 0 unspecified atom stereocenters. The summed E-state index contributed by atoms with van der Waals surface area (Å²) < 4.78 is 15.5. The number of benzene rings is 2. The van der Waals surface area contributed by atoms with Gasteiger partial charge in [0.25, 0.3) is 5.91 Å². The van der Waals surface area contributed by atoms with E-state index in [9.17, 15) is 9.59 Å². The number of ether oxygens (including phenoxy) is 3. The van der Waals surface area contributed by atoms with Crippen molar-refractivity contribution in [2.24, 2.45) is 0 Å². The van der Waals surface area contributed by atoms with Gasteiger partial charge in [-0.3, -0.25) is 4.79 Å². The Bertz CT molecular complexity index is 758. The van der Waals surface area contributed by atoms with E-state index in [-0.39, 0.29) is 24.1 Å². The molecular formula is C20H23NO5. The fourth-order valence-electron chi connectivity index (χ4n) is 2.56. The van der Waals surface area contributed by atoms with Crippen molar-refractivity contribution < 1.29 is 23.8 Å². The molecule has 1 amide bonds. The van der Waals surface area contributed by atoms with Gasteiger partial charge in [0.2, 0.25) is 0 Å². The van der Waals surface area contributed by atoms with E-state index in [1.54, 1.807) is 17.0 Å². The van der Waals surface area contributed by atoms with Gasteiger partial charge in [-0.25, -0.2) is 4.79 Å². The van der Waals surface area contributed by atoms with Crippen molar-refractivity contribution in [1.29, 1.82) is 0 Å². The zero-order valence-corrected chi connectivity index (χ0v) is 15.4. The molecule has 0 saturated heterocycles. The second-order valence-corrected chi connectivity index (χ2v) is 5.84. The fraction of sp³-hybridized carbons (Fsp3) is 0.300. The van der Waals surface area contributed by atoms with Crippen LogP contribution >= 0.6 is 0 Å². The normalized spacial score (nSPS) is 10.3. The molecule has 0 bridgehead atoms. The Morgan fingerprint density at radius 1 is 0.962 bits per heavy atom. The Labute approximate surface area is 153 Å². The van der Waals surface area contributed by atoms with Crippen molar-refractivity contribution in [1.82, 2.24) is 0 Å². The lowest BCUT2D eigenvalue weighted by molar-refractivity contribution is -0.122. The second kappa shape index (κ2) is 8.89. The van der Waals surface area contributed by atoms with Crippen LogP contribution in [0.5, 0.6) is 11.5 Å². The minimum absolute atomic E-state index is 0.0651. The summed E-state index contributed by atoms with van der Waals surface area (Å²) in [5.74, 6) is 0.0349. The molecule has 0 radical (unpaired) electrons. The number of anilines is 1. The molecule has 0 saturated carbocycles. The Balaban J connectivity index is 2.07. The molecule has 26 heavy (non-hydrogen) atoms. The first-order valence-electron chi connectivity index (χ1n) is 8.24. The maximum Gasteiger partial charge on any atom is 0.338 e. The Kier molecular flexibility index (Phi) is 6.60. The lowest BCUT2D eigenvalue weighted by atomic mass is 10.2. The van der Waals surface area contributed by atoms with Crippen LogP contribution in [0.25, 0.3) is 0 Å². The third-order valence-corrected chi connectivity index (χ3v) is 3.77. The summed E-state index contributed by atoms with van der Waals surface area (Å²) in [7, 11) is 3.00. The highest BCUT2D eigenvalue weighted by Crippen LogP contribution is 2.27. The number of carbonyl (C=O) groups excluding carboxylic acids is 2. The van der Waals surface area contributed by atoms with Crippen LogP contribution < -0.4 is 14.4 Å². The van der Waals surface area contributed by atoms with Crippen molar-refractivity contribution in [3.05, 3.63) is 54.1 Å². The fourth-order valence-corrected chi connectivity index (χ4v) is 2.56. The summed E-state index contributed by atoms with van der Waals surface area (Å²) in [6.07, 6.45) is 0. The highest BCUT2D eigenvalue weighted by Gasteiger charge is 2.21. The van der Waals surface area contributed by atoms with E-state index in [1.807, 2.05) is 44.2 Å². The van der Waals surface area contributed by atoms with Crippen LogP contribution in [-0.2, 0) is 9.53 Å². The number of carbonyl (C=O) groups is 2. The van der Waals surface area contributed by atoms with Crippen LogP contribution in [-0.4, -0.2) is 38.7 Å². The van der Waals surface area contributed by atoms with Gasteiger partial charge in [0.15, 0.2) is 18.1 Å². The van der Waals surface area contributed by atoms with Crippen LogP contribution in [0.3, 0.4) is 0 Å². The first-order chi connectivity index (χ1) is 12.5. The quantitative estimate of drug-likeness (QED) is 0.712. The molecule has 0 heterocycles. The van der Waals surface area contributed by atoms with E-state index >= 15 is 0 Å². The zero-order chi connectivity index (χ0) is 19.1. The maximum atomic E-state index is 12.5. The molecule has 0 aliphatic rings. The summed E-state index contributed by atoms with van der Waals surface area (Å²) in [5.41, 5.74) is 1.04. The molecule has 6 nitrogen and oxygen atoms in total. The summed E-state index contributed by atoms with van der Waals surface area (Å²) in [4.78, 5) is 26.4. The first-order valence-corrected chi connectivity index (χ1v) is 8.24. The van der Waals surface area contributed by atoms with Crippen molar-refractivity contribution >= 4 is 17.6 Å². The highest BCUT2D eigenvalue weighted by atomic mass is 16.5. The van der Waals surface area contributed by atoms with Gasteiger partial charge < -0.3 is 19.1 Å². The molecule has 6 heteroatoms. The predicted octanol–water partition coefficient (Wildman–Crippen LogP) is 3.30. The third-order valence-electron chi connectivity index (χ3n) is 3.77. The van der Waals surface area contributed by atoms with Gasteiger partial charge in [-0.1, -0.05) is 18.2 Å². The van der Waals surface area contributed by atoms with E-state index in [1.165, 1.54) is 20.3 Å². The third kappa shape index (κ3) is 4.53. The van der Waals surface area contributed by atoms with E-state index < -0.39 is 5.97 Å². The molecule has 0 N–H and O–H groups in total. The Morgan fingerprint density at radius 2 is 1.62 bits per heavy atom. The van der Waals surface area contributed by atoms with Gasteiger partial charge in [-0.2, -0.15) is 0 Å². The summed E-state index contributed by atoms with van der Waals surface area (Å²) in [6.45, 7) is 3.46. The van der Waals surface area contributed by atoms with Gasteiger partial charge in [0.1, 0.15) is 0 Å². The van der Waals surface area contributed by atoms with Crippen LogP contribution in [0.15, 0.2) is 48.5 Å². The lowest BCUT2D eigenvalue weighted by Gasteiger charge is -2.26. The largest absolute Gasteiger partial charge is 0.493 e. The Hall–Kier alpha value is -3.02. The predicted molar refractivity (Wildman–Crippen MR) is 98.9 cm³/mol. The van der Waals surface area contributed by atoms with Crippen molar-refractivity contribution in [3.63, 3.8) is 0 Å². The number of nitrogens with zero attached hydrogens (tertiary/aromatic N) is 1. The molecule has 2 aromatic rings. The highest BCUT2D eigenvalue weighted by molar-refractivity contribution is 5.97. The van der Waals surface area contributed by atoms with Crippen LogP contribution in [0.4, 0.5) is 5.69 Å². The first kappa shape index (κ1) is 19.3. The number of hydrogen-bond donors (Lipinski definition) is 0. The monoisotopic (exact) mass is 357 g/mol. The SMILES string of the molecule is COc1ccc(C(=O)OCC(=O)N(c2ccccc2)C(C)C)cc1OC. The van der Waals surface area contributed by atoms with Crippen LogP contribution in [0, 0.1) is 0 Å². The van der Waals surface area contributed by atoms with Gasteiger partial charge >= 0.3 is 5.97 Å². The molecule has 0 fully saturated rings. The molecule has 2 aromatic carbocycles. The van der Waals surface area contributed by atoms with Crippen LogP contribution in [0.1, 0.15) is 24.2 Å². The van der Waals surface area contributed by atoms with Crippen molar-refractivity contribution in [2.45, 2.75) is 19.9 Å². The standard InChI is InChI=1S/C20H23NO5/c1-14(2)21(16-8-6-5-7-9-16)19(22)13-26-20(23)15-10-11-17(24-3)18(12-15)25-4/h5-12,14H,13H2,1-4H3. The summed E-state index contributed by atoms with van der Waals surface area (Å²) >= 11 is 0. The average molecular weight is 357 g/mol.